The van der Waals surface area contributed by atoms with E-state index in [0.29, 0.717) is 23.9 Å². The number of unbranched alkanes of at least 4 members (excludes halogenated alkanes) is 37. The van der Waals surface area contributed by atoms with E-state index in [4.69, 9.17) is 18.9 Å². The molecule has 0 aromatic rings. The third kappa shape index (κ3) is 67.8. The monoisotopic (exact) mass is 1190 g/mol. The zero-order valence-electron chi connectivity index (χ0n) is 56.2. The lowest BCUT2D eigenvalue weighted by Gasteiger charge is -2.26. The first-order valence-corrected chi connectivity index (χ1v) is 35.7. The zero-order chi connectivity index (χ0) is 61.9. The standard InChI is InChI=1S/C76H135NO8/c1-6-8-10-12-14-16-18-20-22-24-26-28-30-32-34-35-36-37-38-39-41-42-44-46-48-50-52-54-56-58-60-62-64-66-73(78)83-70-72(71-84-76(75(80)81)82-69-68-77(3,4)5)85-74(79)67-65-63-61-59-57-55-53-51-49-47-45-43-40-33-31-29-27-25-23-21-19-17-15-13-11-9-7-2/h9,11,15,17,21,23-24,26-27,29,33,40,45,47,72,76H,6-8,10,12-14,16,18-20,22,25,28,30-32,34-39,41-44,46,48-71H2,1-5H3/b11-9-,17-15-,23-21-,26-24-,29-27-,40-33-,47-45-. The SMILES string of the molecule is CC/C=C\C/C=C\C/C=C\C/C=C\C/C=C\C/C=C\CCCCCCCCCCC(=O)OC(COC(=O)CCCCCCCCCCCCCCCCCCCCCCC/C=C\CCCCCCCCCC)COC(OCC[N+](C)(C)C)C(=O)[O-]. The van der Waals surface area contributed by atoms with Gasteiger partial charge in [-0.1, -0.05) is 304 Å². The zero-order valence-corrected chi connectivity index (χ0v) is 56.2. The molecule has 0 aromatic heterocycles. The number of carboxylic acids is 1. The largest absolute Gasteiger partial charge is 0.545 e. The first-order valence-electron chi connectivity index (χ1n) is 35.7. The van der Waals surface area contributed by atoms with Crippen LogP contribution >= 0.6 is 0 Å². The molecule has 2 atom stereocenters. The summed E-state index contributed by atoms with van der Waals surface area (Å²) < 4.78 is 22.8. The summed E-state index contributed by atoms with van der Waals surface area (Å²) in [5.74, 6) is -2.28. The molecule has 492 valence electrons. The number of hydrogen-bond donors (Lipinski definition) is 0. The van der Waals surface area contributed by atoms with Crippen molar-refractivity contribution in [2.45, 2.75) is 334 Å². The molecule has 0 heterocycles. The van der Waals surface area contributed by atoms with Gasteiger partial charge >= 0.3 is 11.9 Å². The van der Waals surface area contributed by atoms with Crippen molar-refractivity contribution in [3.63, 3.8) is 0 Å². The smallest absolute Gasteiger partial charge is 0.306 e. The molecule has 0 fully saturated rings. The summed E-state index contributed by atoms with van der Waals surface area (Å²) in [6.45, 7) is 4.66. The highest BCUT2D eigenvalue weighted by Gasteiger charge is 2.22. The van der Waals surface area contributed by atoms with Gasteiger partial charge in [0, 0.05) is 12.8 Å². The summed E-state index contributed by atoms with van der Waals surface area (Å²) in [7, 11) is 5.93. The Morgan fingerprint density at radius 1 is 0.365 bits per heavy atom. The Morgan fingerprint density at radius 3 is 1.01 bits per heavy atom. The van der Waals surface area contributed by atoms with Gasteiger partial charge < -0.3 is 33.3 Å². The van der Waals surface area contributed by atoms with E-state index in [1.54, 1.807) is 0 Å². The van der Waals surface area contributed by atoms with Crippen LogP contribution in [0.1, 0.15) is 322 Å². The quantitative estimate of drug-likeness (QED) is 0.0195. The number of carbonyl (C=O) groups excluding carboxylic acids is 3. The molecule has 0 aliphatic carbocycles. The van der Waals surface area contributed by atoms with Crippen molar-refractivity contribution in [2.75, 3.05) is 47.5 Å². The van der Waals surface area contributed by atoms with E-state index in [2.05, 4.69) is 98.9 Å². The molecular weight excluding hydrogens is 1050 g/mol. The number of quaternary nitrogens is 1. The highest BCUT2D eigenvalue weighted by molar-refractivity contribution is 5.70. The Hall–Kier alpha value is -3.53. The van der Waals surface area contributed by atoms with Gasteiger partial charge in [0.2, 0.25) is 0 Å². The molecular formula is C76H135NO8. The molecule has 9 heteroatoms. The Balaban J connectivity index is 4.09. The van der Waals surface area contributed by atoms with Crippen LogP contribution in [0.15, 0.2) is 85.1 Å². The van der Waals surface area contributed by atoms with E-state index < -0.39 is 24.3 Å². The molecule has 0 spiro atoms. The average Bonchev–Trinajstić information content (AvgIpc) is 3.48. The van der Waals surface area contributed by atoms with E-state index in [-0.39, 0.29) is 32.2 Å². The lowest BCUT2D eigenvalue weighted by atomic mass is 10.0. The summed E-state index contributed by atoms with van der Waals surface area (Å²) in [5, 5.41) is 11.8. The second-order valence-electron chi connectivity index (χ2n) is 25.1. The number of nitrogens with zero attached hydrogens (tertiary/aromatic N) is 1. The highest BCUT2D eigenvalue weighted by Crippen LogP contribution is 2.18. The van der Waals surface area contributed by atoms with Crippen LogP contribution < -0.4 is 5.11 Å². The van der Waals surface area contributed by atoms with Gasteiger partial charge in [-0.05, 0) is 89.9 Å². The number of hydrogen-bond acceptors (Lipinski definition) is 8. The summed E-state index contributed by atoms with van der Waals surface area (Å²) in [4.78, 5) is 37.5. The van der Waals surface area contributed by atoms with Gasteiger partial charge in [-0.2, -0.15) is 0 Å². The summed E-state index contributed by atoms with van der Waals surface area (Å²) in [5.41, 5.74) is 0. The van der Waals surface area contributed by atoms with Crippen LogP contribution in [-0.2, 0) is 33.3 Å². The molecule has 0 saturated heterocycles. The Morgan fingerprint density at radius 2 is 0.671 bits per heavy atom. The van der Waals surface area contributed by atoms with Gasteiger partial charge in [0.1, 0.15) is 13.2 Å². The highest BCUT2D eigenvalue weighted by atomic mass is 16.7. The van der Waals surface area contributed by atoms with Crippen molar-refractivity contribution in [1.82, 2.24) is 0 Å². The number of rotatable bonds is 66. The van der Waals surface area contributed by atoms with Crippen LogP contribution in [0, 0.1) is 0 Å². The first kappa shape index (κ1) is 81.5. The maximum Gasteiger partial charge on any atom is 0.306 e. The molecule has 0 N–H and O–H groups in total. The van der Waals surface area contributed by atoms with Gasteiger partial charge in [0.15, 0.2) is 12.4 Å². The molecule has 0 rings (SSSR count). The Bertz CT molecular complexity index is 1670. The van der Waals surface area contributed by atoms with Crippen LogP contribution in [0.5, 0.6) is 0 Å². The fraction of sp³-hybridized carbons (Fsp3) is 0.776. The van der Waals surface area contributed by atoms with Gasteiger partial charge in [-0.15, -0.1) is 0 Å². The fourth-order valence-electron chi connectivity index (χ4n) is 10.2. The lowest BCUT2D eigenvalue weighted by molar-refractivity contribution is -0.870. The first-order chi connectivity index (χ1) is 41.6. The molecule has 2 unspecified atom stereocenters. The average molecular weight is 1190 g/mol. The van der Waals surface area contributed by atoms with Gasteiger partial charge in [-0.3, -0.25) is 9.59 Å². The van der Waals surface area contributed by atoms with Gasteiger partial charge in [0.05, 0.1) is 40.3 Å². The maximum atomic E-state index is 12.9. The lowest BCUT2D eigenvalue weighted by Crippen LogP contribution is -2.44. The van der Waals surface area contributed by atoms with Crippen molar-refractivity contribution in [2.24, 2.45) is 0 Å². The molecule has 0 aliphatic heterocycles. The number of esters is 2. The molecule has 0 radical (unpaired) electrons. The Kier molecular flexibility index (Phi) is 63.7. The second kappa shape index (κ2) is 66.4. The summed E-state index contributed by atoms with van der Waals surface area (Å²) >= 11 is 0. The van der Waals surface area contributed by atoms with Crippen molar-refractivity contribution < 1.29 is 42.9 Å². The van der Waals surface area contributed by atoms with Crippen LogP contribution in [0.2, 0.25) is 0 Å². The number of carbonyl (C=O) groups is 3. The van der Waals surface area contributed by atoms with E-state index in [1.807, 2.05) is 21.1 Å². The third-order valence-electron chi connectivity index (χ3n) is 15.6. The molecule has 0 amide bonds. The minimum Gasteiger partial charge on any atom is -0.545 e. The number of carboxylic acid groups (broad SMARTS) is 1. The number of ether oxygens (including phenoxy) is 4. The molecule has 0 saturated carbocycles. The van der Waals surface area contributed by atoms with Crippen LogP contribution in [0.25, 0.3) is 0 Å². The summed E-state index contributed by atoms with van der Waals surface area (Å²) in [6.07, 6.45) is 86.7. The minimum atomic E-state index is -1.63. The molecule has 9 nitrogen and oxygen atoms in total. The molecule has 0 aromatic carbocycles. The predicted octanol–water partition coefficient (Wildman–Crippen LogP) is 20.9. The van der Waals surface area contributed by atoms with Gasteiger partial charge in [0.25, 0.3) is 0 Å². The number of allylic oxidation sites excluding steroid dienone is 14. The topological polar surface area (TPSA) is 111 Å². The fourth-order valence-corrected chi connectivity index (χ4v) is 10.2. The van der Waals surface area contributed by atoms with E-state index in [1.165, 1.54) is 205 Å². The van der Waals surface area contributed by atoms with E-state index >= 15 is 0 Å². The van der Waals surface area contributed by atoms with E-state index in [9.17, 15) is 19.5 Å². The third-order valence-corrected chi connectivity index (χ3v) is 15.6. The van der Waals surface area contributed by atoms with Crippen LogP contribution in [0.4, 0.5) is 0 Å². The molecule has 85 heavy (non-hydrogen) atoms. The predicted molar refractivity (Wildman–Crippen MR) is 361 cm³/mol. The second-order valence-corrected chi connectivity index (χ2v) is 25.1. The number of likely N-dealkylation sites (N-methyl/N-ethyl adjacent to an activating group) is 1. The van der Waals surface area contributed by atoms with Crippen molar-refractivity contribution in [3.05, 3.63) is 85.1 Å². The molecule has 0 aliphatic rings. The van der Waals surface area contributed by atoms with E-state index in [0.717, 1.165) is 83.5 Å². The minimum absolute atomic E-state index is 0.144. The van der Waals surface area contributed by atoms with Crippen molar-refractivity contribution in [1.29, 1.82) is 0 Å². The van der Waals surface area contributed by atoms with Gasteiger partial charge in [-0.25, -0.2) is 0 Å². The van der Waals surface area contributed by atoms with Crippen molar-refractivity contribution in [3.8, 4) is 0 Å². The normalized spacial score (nSPS) is 13.2. The summed E-state index contributed by atoms with van der Waals surface area (Å²) in [6, 6.07) is 0. The molecule has 0 bridgehead atoms. The van der Waals surface area contributed by atoms with Crippen LogP contribution in [-0.4, -0.2) is 82.3 Å². The maximum absolute atomic E-state index is 12.9. The Labute approximate surface area is 525 Å². The van der Waals surface area contributed by atoms with Crippen LogP contribution in [0.3, 0.4) is 0 Å². The number of aliphatic carboxylic acids is 1. The van der Waals surface area contributed by atoms with Crippen molar-refractivity contribution >= 4 is 17.9 Å².